The first-order chi connectivity index (χ1) is 9.58. The Morgan fingerprint density at radius 2 is 1.95 bits per heavy atom. The molecule has 0 spiro atoms. The van der Waals surface area contributed by atoms with E-state index in [1.165, 1.54) is 11.8 Å². The fraction of sp³-hybridized carbons (Fsp3) is 0.385. The smallest absolute Gasteiger partial charge is 0.237 e. The predicted molar refractivity (Wildman–Crippen MR) is 78.6 cm³/mol. The fourth-order valence-electron chi connectivity index (χ4n) is 1.56. The van der Waals surface area contributed by atoms with Crippen molar-refractivity contribution in [1.29, 1.82) is 0 Å². The zero-order chi connectivity index (χ0) is 14.5. The average molecular weight is 291 g/mol. The van der Waals surface area contributed by atoms with Crippen LogP contribution in [0.5, 0.6) is 0 Å². The third kappa shape index (κ3) is 3.57. The number of rotatable bonds is 5. The Morgan fingerprint density at radius 1 is 1.25 bits per heavy atom. The highest BCUT2D eigenvalue weighted by atomic mass is 32.2. The van der Waals surface area contributed by atoms with Crippen molar-refractivity contribution in [3.05, 3.63) is 30.3 Å². The largest absolute Gasteiger partial charge is 0.325 e. The van der Waals surface area contributed by atoms with Crippen molar-refractivity contribution in [2.45, 2.75) is 37.2 Å². The maximum Gasteiger partial charge on any atom is 0.237 e. The third-order valence-corrected chi connectivity index (χ3v) is 3.69. The Kier molecular flexibility index (Phi) is 4.73. The molecule has 0 saturated carbocycles. The van der Waals surface area contributed by atoms with Gasteiger partial charge in [-0.2, -0.15) is 0 Å². The van der Waals surface area contributed by atoms with E-state index < -0.39 is 0 Å². The van der Waals surface area contributed by atoms with Crippen molar-refractivity contribution < 1.29 is 4.79 Å². The Balaban J connectivity index is 1.99. The molecule has 1 heterocycles. The summed E-state index contributed by atoms with van der Waals surface area (Å²) in [5.41, 5.74) is 0.786. The number of amides is 1. The number of thioether (sulfide) groups is 1. The SMILES string of the molecule is CC(C)n1nnnc1S[C@H](C)C(=O)Nc1ccccc1. The number of hydrogen-bond acceptors (Lipinski definition) is 5. The van der Waals surface area contributed by atoms with E-state index in [0.29, 0.717) is 5.16 Å². The molecular weight excluding hydrogens is 274 g/mol. The summed E-state index contributed by atoms with van der Waals surface area (Å²) < 4.78 is 1.71. The number of para-hydroxylation sites is 1. The third-order valence-electron chi connectivity index (χ3n) is 2.64. The van der Waals surface area contributed by atoms with E-state index in [-0.39, 0.29) is 17.2 Å². The average Bonchev–Trinajstić information content (AvgIpc) is 2.88. The minimum Gasteiger partial charge on any atom is -0.325 e. The summed E-state index contributed by atoms with van der Waals surface area (Å²) in [7, 11) is 0. The molecule has 0 aliphatic heterocycles. The van der Waals surface area contributed by atoms with Crippen LogP contribution in [0.3, 0.4) is 0 Å². The second-order valence-corrected chi connectivity index (χ2v) is 5.92. The van der Waals surface area contributed by atoms with Crippen LogP contribution in [-0.4, -0.2) is 31.4 Å². The summed E-state index contributed by atoms with van der Waals surface area (Å²) in [5, 5.41) is 14.8. The van der Waals surface area contributed by atoms with Gasteiger partial charge in [0, 0.05) is 5.69 Å². The molecule has 2 aromatic rings. The van der Waals surface area contributed by atoms with Crippen LogP contribution in [0.15, 0.2) is 35.5 Å². The number of nitrogens with zero attached hydrogens (tertiary/aromatic N) is 4. The van der Waals surface area contributed by atoms with E-state index in [2.05, 4.69) is 20.8 Å². The number of tetrazole rings is 1. The number of anilines is 1. The van der Waals surface area contributed by atoms with Crippen LogP contribution in [0.25, 0.3) is 0 Å². The molecule has 0 aliphatic carbocycles. The van der Waals surface area contributed by atoms with Gasteiger partial charge in [0.15, 0.2) is 0 Å². The molecule has 7 heteroatoms. The van der Waals surface area contributed by atoms with Gasteiger partial charge in [-0.05, 0) is 43.3 Å². The molecule has 0 radical (unpaired) electrons. The van der Waals surface area contributed by atoms with Crippen LogP contribution in [-0.2, 0) is 4.79 Å². The van der Waals surface area contributed by atoms with Crippen molar-refractivity contribution >= 4 is 23.4 Å². The monoisotopic (exact) mass is 291 g/mol. The summed E-state index contributed by atoms with van der Waals surface area (Å²) in [5.74, 6) is -0.0699. The lowest BCUT2D eigenvalue weighted by Gasteiger charge is -2.12. The molecule has 20 heavy (non-hydrogen) atoms. The van der Waals surface area contributed by atoms with E-state index in [0.717, 1.165) is 5.69 Å². The van der Waals surface area contributed by atoms with Gasteiger partial charge in [0.05, 0.1) is 11.3 Å². The van der Waals surface area contributed by atoms with E-state index in [4.69, 9.17) is 0 Å². The number of carbonyl (C=O) groups is 1. The number of aromatic nitrogens is 4. The lowest BCUT2D eigenvalue weighted by molar-refractivity contribution is -0.115. The highest BCUT2D eigenvalue weighted by Crippen LogP contribution is 2.23. The summed E-state index contributed by atoms with van der Waals surface area (Å²) in [6.45, 7) is 5.83. The number of nitrogens with one attached hydrogen (secondary N) is 1. The quantitative estimate of drug-likeness (QED) is 0.856. The van der Waals surface area contributed by atoms with Crippen molar-refractivity contribution in [3.63, 3.8) is 0 Å². The van der Waals surface area contributed by atoms with Crippen molar-refractivity contribution in [2.75, 3.05) is 5.32 Å². The lowest BCUT2D eigenvalue weighted by atomic mass is 10.3. The Bertz CT molecular complexity index is 569. The molecule has 1 atom stereocenters. The van der Waals surface area contributed by atoms with Gasteiger partial charge in [-0.1, -0.05) is 30.0 Å². The van der Waals surface area contributed by atoms with Crippen molar-refractivity contribution in [2.24, 2.45) is 0 Å². The van der Waals surface area contributed by atoms with Gasteiger partial charge >= 0.3 is 0 Å². The molecular formula is C13H17N5OS. The number of hydrogen-bond donors (Lipinski definition) is 1. The highest BCUT2D eigenvalue weighted by Gasteiger charge is 2.19. The van der Waals surface area contributed by atoms with Crippen LogP contribution in [0.1, 0.15) is 26.8 Å². The Labute approximate surface area is 121 Å². The Morgan fingerprint density at radius 3 is 2.60 bits per heavy atom. The van der Waals surface area contributed by atoms with E-state index in [1.807, 2.05) is 51.1 Å². The van der Waals surface area contributed by atoms with Crippen LogP contribution >= 0.6 is 11.8 Å². The molecule has 106 valence electrons. The molecule has 0 unspecified atom stereocenters. The normalized spacial score (nSPS) is 12.4. The second-order valence-electron chi connectivity index (χ2n) is 4.62. The predicted octanol–water partition coefficient (Wildman–Crippen LogP) is 2.37. The molecule has 1 amide bonds. The fourth-order valence-corrected chi connectivity index (χ4v) is 2.49. The van der Waals surface area contributed by atoms with Crippen molar-refractivity contribution in [1.82, 2.24) is 20.2 Å². The van der Waals surface area contributed by atoms with Gasteiger partial charge in [0.1, 0.15) is 0 Å². The van der Waals surface area contributed by atoms with Crippen molar-refractivity contribution in [3.8, 4) is 0 Å². The molecule has 1 N–H and O–H groups in total. The zero-order valence-electron chi connectivity index (χ0n) is 11.6. The van der Waals surface area contributed by atoms with Gasteiger partial charge in [-0.3, -0.25) is 4.79 Å². The zero-order valence-corrected chi connectivity index (χ0v) is 12.5. The first kappa shape index (κ1) is 14.5. The van der Waals surface area contributed by atoms with Crippen LogP contribution in [0.4, 0.5) is 5.69 Å². The maximum atomic E-state index is 12.1. The van der Waals surface area contributed by atoms with Gasteiger partial charge in [-0.25, -0.2) is 4.68 Å². The van der Waals surface area contributed by atoms with Gasteiger partial charge in [0.2, 0.25) is 11.1 Å². The summed E-state index contributed by atoms with van der Waals surface area (Å²) >= 11 is 1.35. The highest BCUT2D eigenvalue weighted by molar-refractivity contribution is 8.00. The second kappa shape index (κ2) is 6.51. The molecule has 0 fully saturated rings. The van der Waals surface area contributed by atoms with Gasteiger partial charge < -0.3 is 5.32 Å². The molecule has 1 aromatic carbocycles. The topological polar surface area (TPSA) is 72.7 Å². The lowest BCUT2D eigenvalue weighted by Crippen LogP contribution is -2.23. The maximum absolute atomic E-state index is 12.1. The molecule has 2 rings (SSSR count). The minimum absolute atomic E-state index is 0.0699. The van der Waals surface area contributed by atoms with E-state index >= 15 is 0 Å². The molecule has 0 aliphatic rings. The molecule has 6 nitrogen and oxygen atoms in total. The van der Waals surface area contributed by atoms with E-state index in [9.17, 15) is 4.79 Å². The van der Waals surface area contributed by atoms with Gasteiger partial charge in [0.25, 0.3) is 0 Å². The van der Waals surface area contributed by atoms with Crippen LogP contribution in [0, 0.1) is 0 Å². The first-order valence-electron chi connectivity index (χ1n) is 6.38. The number of benzene rings is 1. The molecule has 1 aromatic heterocycles. The summed E-state index contributed by atoms with van der Waals surface area (Å²) in [4.78, 5) is 12.1. The van der Waals surface area contributed by atoms with Crippen LogP contribution < -0.4 is 5.32 Å². The standard InChI is InChI=1S/C13H17N5OS/c1-9(2)18-13(15-16-17-18)20-10(3)12(19)14-11-7-5-4-6-8-11/h4-10H,1-3H3,(H,14,19)/t10-/m1/s1. The number of carbonyl (C=O) groups excluding carboxylic acids is 1. The summed E-state index contributed by atoms with van der Waals surface area (Å²) in [6, 6.07) is 9.54. The minimum atomic E-state index is -0.279. The molecule has 0 bridgehead atoms. The van der Waals surface area contributed by atoms with Crippen LogP contribution in [0.2, 0.25) is 0 Å². The molecule has 0 saturated heterocycles. The van der Waals surface area contributed by atoms with E-state index in [1.54, 1.807) is 4.68 Å². The van der Waals surface area contributed by atoms with Gasteiger partial charge in [-0.15, -0.1) is 5.10 Å². The Hall–Kier alpha value is -1.89. The first-order valence-corrected chi connectivity index (χ1v) is 7.26. The summed E-state index contributed by atoms with van der Waals surface area (Å²) in [6.07, 6.45) is 0.